The van der Waals surface area contributed by atoms with Crippen LogP contribution in [0.2, 0.25) is 0 Å². The quantitative estimate of drug-likeness (QED) is 0.794. The third kappa shape index (κ3) is 3.20. The van der Waals surface area contributed by atoms with Crippen molar-refractivity contribution in [1.82, 2.24) is 5.32 Å². The van der Waals surface area contributed by atoms with Gasteiger partial charge in [0.2, 0.25) is 0 Å². The first-order valence-electron chi connectivity index (χ1n) is 8.88. The molecule has 2 aliphatic rings. The molecule has 1 atom stereocenters. The average Bonchev–Trinajstić information content (AvgIpc) is 2.59. The van der Waals surface area contributed by atoms with Crippen molar-refractivity contribution in [1.29, 1.82) is 0 Å². The molecule has 0 amide bonds. The van der Waals surface area contributed by atoms with Crippen molar-refractivity contribution in [3.05, 3.63) is 46.3 Å². The molecule has 1 aromatic rings. The smallest absolute Gasteiger partial charge is 0.336 e. The summed E-state index contributed by atoms with van der Waals surface area (Å²) < 4.78 is 10.2. The minimum atomic E-state index is -0.701. The number of para-hydroxylation sites is 1. The Morgan fingerprint density at radius 3 is 2.59 bits per heavy atom. The molecule has 144 valence electrons. The number of carbonyl (C=O) groups is 2. The summed E-state index contributed by atoms with van der Waals surface area (Å²) in [7, 11) is 2.77. The standard InChI is InChI=1S/C21H25NO5/c1-11-16(20(25)27-5)17(12-7-6-8-15(26-4)19(12)24)18-13(22-11)9-21(2,3)10-14(18)23/h6-8,17,22,24H,9-10H2,1-5H3/t17-/m0/s1. The third-order valence-corrected chi connectivity index (χ3v) is 5.21. The summed E-state index contributed by atoms with van der Waals surface area (Å²) in [5.74, 6) is -1.05. The Kier molecular flexibility index (Phi) is 4.76. The maximum atomic E-state index is 13.1. The van der Waals surface area contributed by atoms with Gasteiger partial charge in [-0.05, 0) is 24.8 Å². The molecule has 1 aromatic carbocycles. The van der Waals surface area contributed by atoms with Gasteiger partial charge in [0, 0.05) is 29.0 Å². The Bertz CT molecular complexity index is 879. The summed E-state index contributed by atoms with van der Waals surface area (Å²) in [4.78, 5) is 25.6. The van der Waals surface area contributed by atoms with Gasteiger partial charge in [-0.1, -0.05) is 26.0 Å². The molecule has 0 bridgehead atoms. The minimum Gasteiger partial charge on any atom is -0.504 e. The molecule has 0 saturated carbocycles. The first kappa shape index (κ1) is 19.0. The van der Waals surface area contributed by atoms with Crippen molar-refractivity contribution in [3.8, 4) is 11.5 Å². The van der Waals surface area contributed by atoms with Crippen LogP contribution in [0.15, 0.2) is 40.7 Å². The van der Waals surface area contributed by atoms with Gasteiger partial charge in [-0.15, -0.1) is 0 Å². The van der Waals surface area contributed by atoms with E-state index in [1.54, 1.807) is 25.1 Å². The van der Waals surface area contributed by atoms with Gasteiger partial charge in [0.1, 0.15) is 0 Å². The van der Waals surface area contributed by atoms with Crippen LogP contribution in [0.1, 0.15) is 45.1 Å². The average molecular weight is 371 g/mol. The second kappa shape index (κ2) is 6.76. The van der Waals surface area contributed by atoms with Crippen LogP contribution in [-0.2, 0) is 14.3 Å². The fourth-order valence-corrected chi connectivity index (χ4v) is 4.06. The largest absolute Gasteiger partial charge is 0.504 e. The summed E-state index contributed by atoms with van der Waals surface area (Å²) in [6.07, 6.45) is 1.06. The number of benzene rings is 1. The number of hydrogen-bond acceptors (Lipinski definition) is 6. The number of esters is 1. The molecule has 0 fully saturated rings. The van der Waals surface area contributed by atoms with Crippen molar-refractivity contribution in [2.24, 2.45) is 5.41 Å². The second-order valence-corrected chi connectivity index (χ2v) is 7.82. The van der Waals surface area contributed by atoms with Crippen molar-refractivity contribution in [2.75, 3.05) is 14.2 Å². The minimum absolute atomic E-state index is 0.0325. The van der Waals surface area contributed by atoms with Crippen molar-refractivity contribution in [2.45, 2.75) is 39.5 Å². The van der Waals surface area contributed by atoms with E-state index < -0.39 is 11.9 Å². The molecule has 27 heavy (non-hydrogen) atoms. The first-order valence-corrected chi connectivity index (χ1v) is 8.88. The summed E-state index contributed by atoms with van der Waals surface area (Å²) in [6.45, 7) is 5.87. The van der Waals surface area contributed by atoms with E-state index in [2.05, 4.69) is 5.32 Å². The van der Waals surface area contributed by atoms with E-state index in [1.807, 2.05) is 13.8 Å². The lowest BCUT2D eigenvalue weighted by molar-refractivity contribution is -0.136. The highest BCUT2D eigenvalue weighted by molar-refractivity contribution is 6.04. The van der Waals surface area contributed by atoms with E-state index in [9.17, 15) is 14.7 Å². The van der Waals surface area contributed by atoms with Crippen LogP contribution in [0.4, 0.5) is 0 Å². The van der Waals surface area contributed by atoms with Gasteiger partial charge in [-0.25, -0.2) is 4.79 Å². The monoisotopic (exact) mass is 371 g/mol. The molecular formula is C21H25NO5. The highest BCUT2D eigenvalue weighted by atomic mass is 16.5. The number of allylic oxidation sites excluding steroid dienone is 3. The van der Waals surface area contributed by atoms with Crippen LogP contribution in [0.25, 0.3) is 0 Å². The number of dihydropyridines is 1. The summed E-state index contributed by atoms with van der Waals surface area (Å²) in [6, 6.07) is 5.08. The number of rotatable bonds is 3. The van der Waals surface area contributed by atoms with Gasteiger partial charge >= 0.3 is 5.97 Å². The summed E-state index contributed by atoms with van der Waals surface area (Å²) in [5.41, 5.74) is 2.55. The van der Waals surface area contributed by atoms with E-state index >= 15 is 0 Å². The van der Waals surface area contributed by atoms with Gasteiger partial charge in [-0.3, -0.25) is 4.79 Å². The molecule has 6 nitrogen and oxygen atoms in total. The van der Waals surface area contributed by atoms with Gasteiger partial charge in [0.15, 0.2) is 17.3 Å². The molecule has 3 rings (SSSR count). The second-order valence-electron chi connectivity index (χ2n) is 7.82. The number of aromatic hydroxyl groups is 1. The lowest BCUT2D eigenvalue weighted by Gasteiger charge is -2.39. The molecule has 2 N–H and O–H groups in total. The molecule has 1 aliphatic heterocycles. The number of nitrogens with one attached hydrogen (secondary N) is 1. The van der Waals surface area contributed by atoms with E-state index in [0.717, 1.165) is 5.70 Å². The van der Waals surface area contributed by atoms with Gasteiger partial charge in [-0.2, -0.15) is 0 Å². The van der Waals surface area contributed by atoms with Crippen LogP contribution in [-0.4, -0.2) is 31.1 Å². The highest BCUT2D eigenvalue weighted by Crippen LogP contribution is 2.49. The Hall–Kier alpha value is -2.76. The van der Waals surface area contributed by atoms with E-state index in [-0.39, 0.29) is 16.9 Å². The number of hydrogen-bond donors (Lipinski definition) is 2. The van der Waals surface area contributed by atoms with Crippen LogP contribution in [0, 0.1) is 5.41 Å². The number of phenolic OH excluding ortho intramolecular Hbond substituents is 1. The normalized spacial score (nSPS) is 21.5. The molecule has 6 heteroatoms. The molecule has 0 aromatic heterocycles. The van der Waals surface area contributed by atoms with Gasteiger partial charge < -0.3 is 19.9 Å². The number of carbonyl (C=O) groups excluding carboxylic acids is 2. The number of phenols is 1. The van der Waals surface area contributed by atoms with Crippen LogP contribution in [0.5, 0.6) is 11.5 Å². The maximum Gasteiger partial charge on any atom is 0.336 e. The van der Waals surface area contributed by atoms with Gasteiger partial charge in [0.05, 0.1) is 25.7 Å². The maximum absolute atomic E-state index is 13.1. The van der Waals surface area contributed by atoms with Gasteiger partial charge in [0.25, 0.3) is 0 Å². The van der Waals surface area contributed by atoms with Crippen LogP contribution in [0.3, 0.4) is 0 Å². The Balaban J connectivity index is 2.26. The number of methoxy groups -OCH3 is 2. The Morgan fingerprint density at radius 2 is 1.96 bits per heavy atom. The highest BCUT2D eigenvalue weighted by Gasteiger charge is 2.44. The zero-order chi connectivity index (χ0) is 19.9. The molecule has 0 saturated heterocycles. The molecule has 0 spiro atoms. The van der Waals surface area contributed by atoms with E-state index in [4.69, 9.17) is 9.47 Å². The number of Topliss-reactive ketones (excluding diaryl/α,β-unsaturated/α-hetero) is 1. The third-order valence-electron chi connectivity index (χ3n) is 5.21. The van der Waals surface area contributed by atoms with Crippen molar-refractivity contribution < 1.29 is 24.2 Å². The number of ketones is 1. The lowest BCUT2D eigenvalue weighted by atomic mass is 9.68. The Morgan fingerprint density at radius 1 is 1.26 bits per heavy atom. The zero-order valence-corrected chi connectivity index (χ0v) is 16.3. The van der Waals surface area contributed by atoms with Crippen molar-refractivity contribution in [3.63, 3.8) is 0 Å². The summed E-state index contributed by atoms with van der Waals surface area (Å²) in [5, 5.41) is 14.0. The van der Waals surface area contributed by atoms with E-state index in [1.165, 1.54) is 14.2 Å². The van der Waals surface area contributed by atoms with E-state index in [0.29, 0.717) is 41.0 Å². The Labute approximate surface area is 158 Å². The van der Waals surface area contributed by atoms with Crippen molar-refractivity contribution >= 4 is 11.8 Å². The van der Waals surface area contributed by atoms with Crippen LogP contribution >= 0.6 is 0 Å². The SMILES string of the molecule is COC(=O)C1=C(C)NC2=C(C(=O)CC(C)(C)C2)[C@H]1c1cccc(OC)c1O. The predicted molar refractivity (Wildman–Crippen MR) is 100 cm³/mol. The molecule has 0 unspecified atom stereocenters. The molecule has 0 radical (unpaired) electrons. The molecular weight excluding hydrogens is 346 g/mol. The topological polar surface area (TPSA) is 84.9 Å². The molecule has 1 heterocycles. The lowest BCUT2D eigenvalue weighted by Crippen LogP contribution is -2.38. The fourth-order valence-electron chi connectivity index (χ4n) is 4.06. The van der Waals surface area contributed by atoms with Crippen LogP contribution < -0.4 is 10.1 Å². The molecule has 1 aliphatic carbocycles. The number of ether oxygens (including phenoxy) is 2. The summed E-state index contributed by atoms with van der Waals surface area (Å²) >= 11 is 0. The fraction of sp³-hybridized carbons (Fsp3) is 0.429. The predicted octanol–water partition coefficient (Wildman–Crippen LogP) is 3.18. The first-order chi connectivity index (χ1) is 12.7. The zero-order valence-electron chi connectivity index (χ0n) is 16.3.